The molecule has 0 spiro atoms. The SMILES string of the molecule is CNC(C(=O)C(NC)c1ccc(OC(=O)C(C)(C)C)c(OC(=O)C(C)(C)C)c1)c1ccc(OC(=O)C(C)(C)C)c(OC(=O)C(C)(C)C)c1.Cl. The van der Waals surface area contributed by atoms with E-state index in [-0.39, 0.29) is 41.2 Å². The summed E-state index contributed by atoms with van der Waals surface area (Å²) in [4.78, 5) is 65.4. The minimum Gasteiger partial charge on any atom is -0.422 e. The first-order valence-corrected chi connectivity index (χ1v) is 15.9. The molecular formula is C37H53ClN2O9. The van der Waals surface area contributed by atoms with E-state index in [1.807, 2.05) is 0 Å². The summed E-state index contributed by atoms with van der Waals surface area (Å²) in [6.07, 6.45) is 0. The number of Topliss-reactive ketones (excluding diaryl/α,β-unsaturated/α-hetero) is 1. The van der Waals surface area contributed by atoms with E-state index in [0.717, 1.165) is 0 Å². The molecule has 11 nitrogen and oxygen atoms in total. The fourth-order valence-corrected chi connectivity index (χ4v) is 3.86. The molecule has 0 aliphatic carbocycles. The first kappa shape index (κ1) is 43.2. The number of carbonyl (C=O) groups excluding carboxylic acids is 5. The maximum atomic E-state index is 14.2. The molecule has 0 saturated carbocycles. The van der Waals surface area contributed by atoms with Gasteiger partial charge in [-0.05, 0) is 133 Å². The van der Waals surface area contributed by atoms with Crippen LogP contribution in [-0.4, -0.2) is 43.8 Å². The van der Waals surface area contributed by atoms with Crippen molar-refractivity contribution in [1.29, 1.82) is 0 Å². The number of carbonyl (C=O) groups is 5. The van der Waals surface area contributed by atoms with Gasteiger partial charge in [0.15, 0.2) is 28.8 Å². The second-order valence-electron chi connectivity index (χ2n) is 15.8. The highest BCUT2D eigenvalue weighted by Crippen LogP contribution is 2.37. The topological polar surface area (TPSA) is 146 Å². The van der Waals surface area contributed by atoms with Crippen molar-refractivity contribution in [2.75, 3.05) is 14.1 Å². The summed E-state index contributed by atoms with van der Waals surface area (Å²) in [7, 11) is 3.21. The Balaban J connectivity index is 0.0000120. The summed E-state index contributed by atoms with van der Waals surface area (Å²) < 4.78 is 22.6. The van der Waals surface area contributed by atoms with Crippen LogP contribution in [0.15, 0.2) is 36.4 Å². The summed E-state index contributed by atoms with van der Waals surface area (Å²) in [5.41, 5.74) is -2.51. The van der Waals surface area contributed by atoms with Crippen LogP contribution in [0.5, 0.6) is 23.0 Å². The van der Waals surface area contributed by atoms with Crippen LogP contribution in [0.4, 0.5) is 0 Å². The molecule has 2 N–H and O–H groups in total. The standard InChI is InChI=1S/C37H52N2O9.ClH/c1-34(2,3)30(41)45-23-17-15-21(19-25(23)47-32(43)36(7,8)9)27(38-13)29(40)28(39-14)22-16-18-24(46-31(42)35(4,5)6)26(20-22)48-33(44)37(10,11)12;/h15-20,27-28,38-39H,1-14H3;1H. The molecule has 0 heterocycles. The van der Waals surface area contributed by atoms with Gasteiger partial charge in [-0.25, -0.2) is 0 Å². The van der Waals surface area contributed by atoms with Crippen LogP contribution in [-0.2, 0) is 24.0 Å². The molecule has 0 fully saturated rings. The summed E-state index contributed by atoms with van der Waals surface area (Å²) in [6.45, 7) is 20.4. The molecular weight excluding hydrogens is 652 g/mol. The van der Waals surface area contributed by atoms with E-state index >= 15 is 0 Å². The number of esters is 4. The molecule has 0 saturated heterocycles. The van der Waals surface area contributed by atoms with Gasteiger partial charge in [-0.2, -0.15) is 0 Å². The highest BCUT2D eigenvalue weighted by molar-refractivity contribution is 5.92. The average Bonchev–Trinajstić information content (AvgIpc) is 2.94. The Hall–Kier alpha value is -3.80. The maximum absolute atomic E-state index is 14.2. The maximum Gasteiger partial charge on any atom is 0.316 e. The normalized spacial score (nSPS) is 13.3. The molecule has 272 valence electrons. The van der Waals surface area contributed by atoms with Gasteiger partial charge in [0, 0.05) is 0 Å². The molecule has 0 aliphatic rings. The molecule has 0 bridgehead atoms. The zero-order valence-corrected chi connectivity index (χ0v) is 32.0. The average molecular weight is 705 g/mol. The molecule has 2 aromatic rings. The molecule has 2 atom stereocenters. The van der Waals surface area contributed by atoms with E-state index in [9.17, 15) is 24.0 Å². The van der Waals surface area contributed by atoms with Crippen LogP contribution in [0.3, 0.4) is 0 Å². The second-order valence-corrected chi connectivity index (χ2v) is 15.8. The van der Waals surface area contributed by atoms with Crippen molar-refractivity contribution in [2.24, 2.45) is 21.7 Å². The van der Waals surface area contributed by atoms with Crippen molar-refractivity contribution in [3.63, 3.8) is 0 Å². The fourth-order valence-electron chi connectivity index (χ4n) is 3.86. The third-order valence-corrected chi connectivity index (χ3v) is 7.01. The number of ether oxygens (including phenoxy) is 4. The van der Waals surface area contributed by atoms with Crippen LogP contribution < -0.4 is 29.6 Å². The van der Waals surface area contributed by atoms with E-state index in [0.29, 0.717) is 11.1 Å². The number of benzene rings is 2. The predicted octanol–water partition coefficient (Wildman–Crippen LogP) is 6.70. The smallest absolute Gasteiger partial charge is 0.316 e. The number of hydrogen-bond acceptors (Lipinski definition) is 11. The summed E-state index contributed by atoms with van der Waals surface area (Å²) in [5, 5.41) is 6.05. The van der Waals surface area contributed by atoms with Crippen molar-refractivity contribution >= 4 is 42.1 Å². The quantitative estimate of drug-likeness (QED) is 0.201. The number of rotatable bonds is 10. The Labute approximate surface area is 296 Å². The lowest BCUT2D eigenvalue weighted by Crippen LogP contribution is -2.35. The lowest BCUT2D eigenvalue weighted by Gasteiger charge is -2.25. The monoisotopic (exact) mass is 704 g/mol. The molecule has 12 heteroatoms. The van der Waals surface area contributed by atoms with Crippen molar-refractivity contribution in [3.05, 3.63) is 47.5 Å². The van der Waals surface area contributed by atoms with Gasteiger partial charge < -0.3 is 29.6 Å². The number of likely N-dealkylation sites (N-methyl/N-ethyl adjacent to an activating group) is 2. The molecule has 2 aromatic carbocycles. The second kappa shape index (κ2) is 16.3. The van der Waals surface area contributed by atoms with Crippen molar-refractivity contribution in [2.45, 2.75) is 95.2 Å². The van der Waals surface area contributed by atoms with Gasteiger partial charge >= 0.3 is 23.9 Å². The first-order valence-electron chi connectivity index (χ1n) is 15.9. The van der Waals surface area contributed by atoms with Gasteiger partial charge in [0.05, 0.1) is 33.7 Å². The zero-order chi connectivity index (χ0) is 37.0. The highest BCUT2D eigenvalue weighted by atomic mass is 35.5. The zero-order valence-electron chi connectivity index (χ0n) is 31.2. The van der Waals surface area contributed by atoms with Gasteiger partial charge in [0.1, 0.15) is 0 Å². The molecule has 2 unspecified atom stereocenters. The van der Waals surface area contributed by atoms with E-state index in [1.165, 1.54) is 24.3 Å². The van der Waals surface area contributed by atoms with Gasteiger partial charge in [-0.3, -0.25) is 24.0 Å². The third kappa shape index (κ3) is 11.6. The molecule has 0 aliphatic heterocycles. The van der Waals surface area contributed by atoms with Crippen LogP contribution in [0.25, 0.3) is 0 Å². The molecule has 0 radical (unpaired) electrons. The minimum atomic E-state index is -0.930. The van der Waals surface area contributed by atoms with Gasteiger partial charge in [0.25, 0.3) is 0 Å². The van der Waals surface area contributed by atoms with Gasteiger partial charge in [-0.15, -0.1) is 12.4 Å². The first-order chi connectivity index (χ1) is 21.8. The third-order valence-electron chi connectivity index (χ3n) is 7.01. The molecule has 49 heavy (non-hydrogen) atoms. The Morgan fingerprint density at radius 3 is 0.939 bits per heavy atom. The summed E-state index contributed by atoms with van der Waals surface area (Å²) in [6, 6.07) is 7.31. The molecule has 0 aromatic heterocycles. The van der Waals surface area contributed by atoms with Crippen LogP contribution in [0, 0.1) is 21.7 Å². The Bertz CT molecular complexity index is 1430. The number of hydrogen-bond donors (Lipinski definition) is 2. The predicted molar refractivity (Wildman–Crippen MR) is 189 cm³/mol. The largest absolute Gasteiger partial charge is 0.422 e. The van der Waals surface area contributed by atoms with E-state index in [4.69, 9.17) is 18.9 Å². The van der Waals surface area contributed by atoms with Crippen molar-refractivity contribution in [1.82, 2.24) is 10.6 Å². The summed E-state index contributed by atoms with van der Waals surface area (Å²) >= 11 is 0. The molecule has 0 amide bonds. The van der Waals surface area contributed by atoms with Crippen molar-refractivity contribution < 1.29 is 42.9 Å². The minimum absolute atomic E-state index is 0. The number of halogens is 1. The highest BCUT2D eigenvalue weighted by Gasteiger charge is 2.33. The lowest BCUT2D eigenvalue weighted by molar-refractivity contribution is -0.145. The van der Waals surface area contributed by atoms with E-state index in [2.05, 4.69) is 10.6 Å². The lowest BCUT2D eigenvalue weighted by atomic mass is 9.92. The van der Waals surface area contributed by atoms with Crippen LogP contribution in [0.2, 0.25) is 0 Å². The summed E-state index contributed by atoms with van der Waals surface area (Å²) in [5.74, 6) is -2.46. The van der Waals surface area contributed by atoms with Crippen molar-refractivity contribution in [3.8, 4) is 23.0 Å². The van der Waals surface area contributed by atoms with Gasteiger partial charge in [-0.1, -0.05) is 12.1 Å². The van der Waals surface area contributed by atoms with E-state index in [1.54, 1.807) is 109 Å². The Morgan fingerprint density at radius 1 is 0.469 bits per heavy atom. The number of ketones is 1. The number of nitrogens with one attached hydrogen (secondary N) is 2. The fraction of sp³-hybridized carbons (Fsp3) is 0.541. The molecule has 2 rings (SSSR count). The van der Waals surface area contributed by atoms with E-state index < -0.39 is 57.6 Å². The van der Waals surface area contributed by atoms with Crippen LogP contribution in [0.1, 0.15) is 106 Å². The Kier molecular flexibility index (Phi) is 14.4. The van der Waals surface area contributed by atoms with Gasteiger partial charge in [0.2, 0.25) is 0 Å². The Morgan fingerprint density at radius 2 is 0.714 bits per heavy atom. The van der Waals surface area contributed by atoms with Crippen LogP contribution >= 0.6 is 12.4 Å².